The molecule has 1 aliphatic heterocycles. The molecule has 2 rings (SSSR count). The molecule has 0 saturated carbocycles. The summed E-state index contributed by atoms with van der Waals surface area (Å²) in [6.45, 7) is 1.28. The number of nitrogens with two attached hydrogens (primary N) is 1. The summed E-state index contributed by atoms with van der Waals surface area (Å²) in [6.07, 6.45) is 1.54. The van der Waals surface area contributed by atoms with Crippen molar-refractivity contribution in [2.45, 2.75) is 23.5 Å². The number of nitrogens with zero attached hydrogens (tertiary/aromatic N) is 1. The second-order valence-corrected chi connectivity index (χ2v) is 6.43. The van der Waals surface area contributed by atoms with Gasteiger partial charge in [0, 0.05) is 11.4 Å². The van der Waals surface area contributed by atoms with Crippen molar-refractivity contribution in [2.75, 3.05) is 25.0 Å². The summed E-state index contributed by atoms with van der Waals surface area (Å²) < 4.78 is 25.1. The van der Waals surface area contributed by atoms with Crippen LogP contribution in [0.4, 0.5) is 14.5 Å². The monoisotopic (exact) mass is 343 g/mol. The summed E-state index contributed by atoms with van der Waals surface area (Å²) in [7, 11) is 0. The fourth-order valence-corrected chi connectivity index (χ4v) is 3.19. The molecule has 23 heavy (non-hydrogen) atoms. The number of primary amides is 1. The van der Waals surface area contributed by atoms with Crippen molar-refractivity contribution >= 4 is 29.3 Å². The molecule has 2 amide bonds. The van der Waals surface area contributed by atoms with E-state index in [9.17, 15) is 18.4 Å². The number of alkyl halides is 2. The van der Waals surface area contributed by atoms with Gasteiger partial charge < -0.3 is 11.1 Å². The van der Waals surface area contributed by atoms with Crippen molar-refractivity contribution in [3.05, 3.63) is 24.3 Å². The number of hydrogen-bond acceptors (Lipinski definition) is 4. The van der Waals surface area contributed by atoms with Crippen LogP contribution in [0.15, 0.2) is 29.2 Å². The smallest absolute Gasteiger partial charge is 0.288 e. The highest BCUT2D eigenvalue weighted by atomic mass is 32.2. The average molecular weight is 343 g/mol. The number of benzene rings is 1. The minimum absolute atomic E-state index is 0.109. The number of likely N-dealkylation sites (tertiary alicyclic amines) is 1. The Morgan fingerprint density at radius 3 is 2.83 bits per heavy atom. The zero-order valence-corrected chi connectivity index (χ0v) is 13.3. The highest BCUT2D eigenvalue weighted by Crippen LogP contribution is 2.31. The van der Waals surface area contributed by atoms with E-state index in [4.69, 9.17) is 5.73 Å². The Bertz CT molecular complexity index is 571. The van der Waals surface area contributed by atoms with Crippen molar-refractivity contribution in [1.29, 1.82) is 0 Å². The normalized spacial score (nSPS) is 18.8. The number of thioether (sulfide) groups is 1. The van der Waals surface area contributed by atoms with Crippen molar-refractivity contribution in [3.8, 4) is 0 Å². The summed E-state index contributed by atoms with van der Waals surface area (Å²) in [5.41, 5.74) is 5.68. The molecule has 0 aliphatic carbocycles. The van der Waals surface area contributed by atoms with E-state index in [1.165, 1.54) is 6.07 Å². The largest absolute Gasteiger partial charge is 0.369 e. The number of rotatable bonds is 6. The van der Waals surface area contributed by atoms with Gasteiger partial charge in [-0.2, -0.15) is 8.78 Å². The Hall–Kier alpha value is -1.67. The Balaban J connectivity index is 1.93. The molecule has 1 heterocycles. The van der Waals surface area contributed by atoms with Crippen LogP contribution in [0.2, 0.25) is 0 Å². The van der Waals surface area contributed by atoms with Crippen LogP contribution in [-0.4, -0.2) is 42.1 Å². The van der Waals surface area contributed by atoms with Crippen LogP contribution in [-0.2, 0) is 9.59 Å². The van der Waals surface area contributed by atoms with Gasteiger partial charge in [-0.1, -0.05) is 23.9 Å². The number of hydrogen-bond donors (Lipinski definition) is 2. The third kappa shape index (κ3) is 5.47. The summed E-state index contributed by atoms with van der Waals surface area (Å²) in [5.74, 6) is -3.43. The minimum atomic E-state index is -2.55. The fourth-order valence-electron chi connectivity index (χ4n) is 2.59. The number of nitrogens with one attached hydrogen (secondary N) is 1. The predicted molar refractivity (Wildman–Crippen MR) is 85.3 cm³/mol. The second kappa shape index (κ2) is 8.26. The topological polar surface area (TPSA) is 75.4 Å². The number of carbonyl (C=O) groups excluding carboxylic acids is 2. The first-order valence-corrected chi connectivity index (χ1v) is 8.19. The molecular formula is C15H19F2N3O2S. The van der Waals surface area contributed by atoms with Gasteiger partial charge in [-0.05, 0) is 31.5 Å². The van der Waals surface area contributed by atoms with Crippen molar-refractivity contribution in [1.82, 2.24) is 4.90 Å². The van der Waals surface area contributed by atoms with Crippen LogP contribution >= 0.6 is 11.8 Å². The van der Waals surface area contributed by atoms with E-state index in [1.54, 1.807) is 18.2 Å². The SMILES string of the molecule is NC(=O)[C@H]1CCCN(CC(=O)Nc2ccccc2SC(F)F)C1. The van der Waals surface area contributed by atoms with Gasteiger partial charge in [0.1, 0.15) is 0 Å². The predicted octanol–water partition coefficient (Wildman–Crippen LogP) is 2.14. The number of piperidine rings is 1. The molecule has 5 nitrogen and oxygen atoms in total. The highest BCUT2D eigenvalue weighted by Gasteiger charge is 2.25. The zero-order valence-electron chi connectivity index (χ0n) is 12.5. The third-order valence-electron chi connectivity index (χ3n) is 3.65. The molecule has 126 valence electrons. The number of amides is 2. The van der Waals surface area contributed by atoms with Crippen LogP contribution in [0.3, 0.4) is 0 Å². The quantitative estimate of drug-likeness (QED) is 0.776. The molecule has 1 saturated heterocycles. The van der Waals surface area contributed by atoms with Crippen molar-refractivity contribution in [3.63, 3.8) is 0 Å². The van der Waals surface area contributed by atoms with E-state index in [2.05, 4.69) is 5.32 Å². The van der Waals surface area contributed by atoms with Gasteiger partial charge in [0.15, 0.2) is 0 Å². The van der Waals surface area contributed by atoms with Gasteiger partial charge in [0.25, 0.3) is 5.76 Å². The first-order valence-electron chi connectivity index (χ1n) is 7.31. The van der Waals surface area contributed by atoms with E-state index in [1.807, 2.05) is 4.90 Å². The molecule has 0 radical (unpaired) electrons. The molecular weight excluding hydrogens is 324 g/mol. The molecule has 1 aromatic rings. The molecule has 8 heteroatoms. The lowest BCUT2D eigenvalue weighted by Gasteiger charge is -2.30. The number of anilines is 1. The van der Waals surface area contributed by atoms with Crippen LogP contribution in [0.5, 0.6) is 0 Å². The van der Waals surface area contributed by atoms with E-state index >= 15 is 0 Å². The van der Waals surface area contributed by atoms with Crippen LogP contribution in [0.25, 0.3) is 0 Å². The molecule has 3 N–H and O–H groups in total. The van der Waals surface area contributed by atoms with Gasteiger partial charge in [0.2, 0.25) is 11.8 Å². The van der Waals surface area contributed by atoms with E-state index in [-0.39, 0.29) is 24.3 Å². The maximum Gasteiger partial charge on any atom is 0.288 e. The summed E-state index contributed by atoms with van der Waals surface area (Å²) >= 11 is 0.395. The number of halogens is 2. The molecule has 0 unspecified atom stereocenters. The van der Waals surface area contributed by atoms with E-state index < -0.39 is 5.76 Å². The van der Waals surface area contributed by atoms with Gasteiger partial charge in [0.05, 0.1) is 18.2 Å². The lowest BCUT2D eigenvalue weighted by Crippen LogP contribution is -2.44. The lowest BCUT2D eigenvalue weighted by atomic mass is 9.97. The van der Waals surface area contributed by atoms with Gasteiger partial charge in [-0.25, -0.2) is 0 Å². The summed E-state index contributed by atoms with van der Waals surface area (Å²) in [6, 6.07) is 6.44. The maximum atomic E-state index is 12.5. The molecule has 0 spiro atoms. The van der Waals surface area contributed by atoms with Crippen molar-refractivity contribution in [2.24, 2.45) is 11.7 Å². The van der Waals surface area contributed by atoms with E-state index in [0.29, 0.717) is 35.4 Å². The summed E-state index contributed by atoms with van der Waals surface area (Å²) in [5, 5.41) is 2.66. The Labute approximate surface area is 137 Å². The Morgan fingerprint density at radius 2 is 2.13 bits per heavy atom. The Kier molecular flexibility index (Phi) is 6.35. The van der Waals surface area contributed by atoms with Gasteiger partial charge in [-0.15, -0.1) is 0 Å². The van der Waals surface area contributed by atoms with Crippen LogP contribution in [0.1, 0.15) is 12.8 Å². The lowest BCUT2D eigenvalue weighted by molar-refractivity contribution is -0.125. The molecule has 1 aromatic carbocycles. The molecule has 1 atom stereocenters. The van der Waals surface area contributed by atoms with Crippen LogP contribution in [0, 0.1) is 5.92 Å². The van der Waals surface area contributed by atoms with E-state index in [0.717, 1.165) is 12.8 Å². The highest BCUT2D eigenvalue weighted by molar-refractivity contribution is 7.99. The third-order valence-corrected chi connectivity index (χ3v) is 4.44. The average Bonchev–Trinajstić information content (AvgIpc) is 2.49. The van der Waals surface area contributed by atoms with Crippen molar-refractivity contribution < 1.29 is 18.4 Å². The fraction of sp³-hybridized carbons (Fsp3) is 0.467. The van der Waals surface area contributed by atoms with Gasteiger partial charge in [-0.3, -0.25) is 14.5 Å². The molecule has 0 bridgehead atoms. The second-order valence-electron chi connectivity index (χ2n) is 5.40. The molecule has 1 fully saturated rings. The molecule has 0 aromatic heterocycles. The first kappa shape index (κ1) is 17.7. The van der Waals surface area contributed by atoms with Gasteiger partial charge >= 0.3 is 0 Å². The van der Waals surface area contributed by atoms with Crippen LogP contribution < -0.4 is 11.1 Å². The Morgan fingerprint density at radius 1 is 1.39 bits per heavy atom. The minimum Gasteiger partial charge on any atom is -0.369 e. The zero-order chi connectivity index (χ0) is 16.8. The molecule has 1 aliphatic rings. The number of para-hydroxylation sites is 1. The number of carbonyl (C=O) groups is 2. The first-order chi connectivity index (χ1) is 11.0. The summed E-state index contributed by atoms with van der Waals surface area (Å²) in [4.78, 5) is 25.6. The maximum absolute atomic E-state index is 12.5. The standard InChI is InChI=1S/C15H19F2N3O2S/c16-15(17)23-12-6-2-1-5-11(12)19-13(21)9-20-7-3-4-10(8-20)14(18)22/h1-2,5-6,10,15H,3-4,7-9H2,(H2,18,22)(H,19,21)/t10-/m0/s1.